The van der Waals surface area contributed by atoms with E-state index in [4.69, 9.17) is 4.74 Å². The highest BCUT2D eigenvalue weighted by Gasteiger charge is 2.23. The Balaban J connectivity index is 1.43. The second kappa shape index (κ2) is 7.40. The van der Waals surface area contributed by atoms with Gasteiger partial charge in [0.25, 0.3) is 5.56 Å². The van der Waals surface area contributed by atoms with Gasteiger partial charge in [0.2, 0.25) is 5.91 Å². The van der Waals surface area contributed by atoms with Crippen molar-refractivity contribution in [1.82, 2.24) is 15.1 Å². The number of amides is 1. The van der Waals surface area contributed by atoms with E-state index in [0.717, 1.165) is 11.4 Å². The number of rotatable bonds is 5. The molecule has 0 saturated heterocycles. The fourth-order valence-electron chi connectivity index (χ4n) is 3.15. The highest BCUT2D eigenvalue weighted by Crippen LogP contribution is 2.24. The molecule has 1 aliphatic heterocycles. The molecule has 0 aliphatic carbocycles. The monoisotopic (exact) mass is 357 g/mol. The largest absolute Gasteiger partial charge is 0.494 e. The fraction of sp³-hybridized carbons (Fsp3) is 0.500. The van der Waals surface area contributed by atoms with Gasteiger partial charge >= 0.3 is 0 Å². The summed E-state index contributed by atoms with van der Waals surface area (Å²) in [6.45, 7) is 8.08. The van der Waals surface area contributed by atoms with Gasteiger partial charge in [0, 0.05) is 25.1 Å². The zero-order valence-corrected chi connectivity index (χ0v) is 15.7. The number of benzene rings is 1. The lowest BCUT2D eigenvalue weighted by molar-refractivity contribution is -0.132. The molecule has 0 saturated carbocycles. The molecule has 2 N–H and O–H groups in total. The van der Waals surface area contributed by atoms with E-state index in [0.29, 0.717) is 44.5 Å². The van der Waals surface area contributed by atoms with Crippen LogP contribution in [0.4, 0.5) is 0 Å². The Hall–Kier alpha value is -2.50. The number of fused-ring (bicyclic) bond motifs is 1. The molecule has 1 aliphatic rings. The standard InChI is InChI=1S/C20H27N3O3/c1-20(2,3)14-6-8-15(9-7-14)26-12-4-5-18(24)23-11-10-17-16(13-23)19(25)22-21-17/h6-9H,4-5,10-13H2,1-3H3,(H2,21,22,25). The van der Waals surface area contributed by atoms with Gasteiger partial charge in [-0.05, 0) is 29.5 Å². The molecule has 6 heteroatoms. The van der Waals surface area contributed by atoms with Crippen LogP contribution in [0.1, 0.15) is 50.4 Å². The lowest BCUT2D eigenvalue weighted by atomic mass is 9.87. The average molecular weight is 357 g/mol. The molecular weight excluding hydrogens is 330 g/mol. The molecule has 0 spiro atoms. The van der Waals surface area contributed by atoms with E-state index >= 15 is 0 Å². The summed E-state index contributed by atoms with van der Waals surface area (Å²) >= 11 is 0. The SMILES string of the molecule is CC(C)(C)c1ccc(OCCCC(=O)N2CCc3[nH][nH]c(=O)c3C2)cc1. The minimum atomic E-state index is -0.125. The maximum atomic E-state index is 12.4. The summed E-state index contributed by atoms with van der Waals surface area (Å²) < 4.78 is 5.74. The van der Waals surface area contributed by atoms with Gasteiger partial charge in [-0.2, -0.15) is 0 Å². The third kappa shape index (κ3) is 4.18. The van der Waals surface area contributed by atoms with E-state index in [9.17, 15) is 9.59 Å². The first-order valence-corrected chi connectivity index (χ1v) is 9.14. The zero-order chi connectivity index (χ0) is 18.7. The van der Waals surface area contributed by atoms with Crippen LogP contribution < -0.4 is 10.3 Å². The molecule has 0 radical (unpaired) electrons. The molecule has 0 atom stereocenters. The average Bonchev–Trinajstić information content (AvgIpc) is 2.99. The van der Waals surface area contributed by atoms with Crippen molar-refractivity contribution < 1.29 is 9.53 Å². The number of hydrogen-bond acceptors (Lipinski definition) is 3. The van der Waals surface area contributed by atoms with Crippen molar-refractivity contribution in [3.63, 3.8) is 0 Å². The molecule has 3 rings (SSSR count). The van der Waals surface area contributed by atoms with Gasteiger partial charge in [-0.1, -0.05) is 32.9 Å². The summed E-state index contributed by atoms with van der Waals surface area (Å²) in [5.41, 5.74) is 2.87. The fourth-order valence-corrected chi connectivity index (χ4v) is 3.15. The van der Waals surface area contributed by atoms with Crippen LogP contribution >= 0.6 is 0 Å². The van der Waals surface area contributed by atoms with Gasteiger partial charge < -0.3 is 14.7 Å². The highest BCUT2D eigenvalue weighted by atomic mass is 16.5. The van der Waals surface area contributed by atoms with E-state index < -0.39 is 0 Å². The number of aromatic amines is 2. The van der Waals surface area contributed by atoms with Gasteiger partial charge in [0.05, 0.1) is 18.7 Å². The van der Waals surface area contributed by atoms with Crippen LogP contribution in [-0.2, 0) is 23.2 Å². The number of ether oxygens (including phenoxy) is 1. The lowest BCUT2D eigenvalue weighted by Gasteiger charge is -2.26. The smallest absolute Gasteiger partial charge is 0.269 e. The minimum Gasteiger partial charge on any atom is -0.494 e. The maximum Gasteiger partial charge on any atom is 0.269 e. The molecule has 0 bridgehead atoms. The number of nitrogens with one attached hydrogen (secondary N) is 2. The number of aromatic nitrogens is 2. The molecule has 1 amide bonds. The maximum absolute atomic E-state index is 12.4. The minimum absolute atomic E-state index is 0.0722. The van der Waals surface area contributed by atoms with Crippen LogP contribution in [0.5, 0.6) is 5.75 Å². The van der Waals surface area contributed by atoms with Crippen LogP contribution in [0.15, 0.2) is 29.1 Å². The predicted octanol–water partition coefficient (Wildman–Crippen LogP) is 2.74. The number of H-pyrrole nitrogens is 2. The van der Waals surface area contributed by atoms with E-state index in [1.807, 2.05) is 12.1 Å². The van der Waals surface area contributed by atoms with Crippen molar-refractivity contribution in [3.8, 4) is 5.75 Å². The molecule has 1 aromatic carbocycles. The quantitative estimate of drug-likeness (QED) is 0.808. The number of nitrogens with zero attached hydrogens (tertiary/aromatic N) is 1. The molecule has 1 aromatic heterocycles. The second-order valence-corrected chi connectivity index (χ2v) is 7.83. The van der Waals surface area contributed by atoms with E-state index in [1.54, 1.807) is 4.90 Å². The van der Waals surface area contributed by atoms with E-state index in [1.165, 1.54) is 5.56 Å². The van der Waals surface area contributed by atoms with E-state index in [-0.39, 0.29) is 16.9 Å². The zero-order valence-electron chi connectivity index (χ0n) is 15.7. The summed E-state index contributed by atoms with van der Waals surface area (Å²) in [6.07, 6.45) is 1.78. The van der Waals surface area contributed by atoms with Crippen LogP contribution in [0.25, 0.3) is 0 Å². The summed E-state index contributed by atoms with van der Waals surface area (Å²) in [7, 11) is 0. The van der Waals surface area contributed by atoms with Gasteiger partial charge in [-0.25, -0.2) is 0 Å². The molecule has 2 heterocycles. The Morgan fingerprint density at radius 1 is 1.19 bits per heavy atom. The third-order valence-electron chi connectivity index (χ3n) is 4.82. The van der Waals surface area contributed by atoms with Gasteiger partial charge in [-0.15, -0.1) is 0 Å². The third-order valence-corrected chi connectivity index (χ3v) is 4.82. The Bertz CT molecular complexity index is 812. The first-order valence-electron chi connectivity index (χ1n) is 9.14. The molecule has 0 fully saturated rings. The molecule has 6 nitrogen and oxygen atoms in total. The Labute approximate surface area is 153 Å². The summed E-state index contributed by atoms with van der Waals surface area (Å²) in [5.74, 6) is 0.898. The van der Waals surface area contributed by atoms with Gasteiger partial charge in [-0.3, -0.25) is 14.7 Å². The van der Waals surface area contributed by atoms with Crippen molar-refractivity contribution in [3.05, 3.63) is 51.4 Å². The van der Waals surface area contributed by atoms with Gasteiger partial charge in [0.15, 0.2) is 0 Å². The Morgan fingerprint density at radius 3 is 2.62 bits per heavy atom. The summed E-state index contributed by atoms with van der Waals surface area (Å²) in [4.78, 5) is 25.8. The first-order chi connectivity index (χ1) is 12.3. The Morgan fingerprint density at radius 2 is 1.92 bits per heavy atom. The van der Waals surface area contributed by atoms with Crippen LogP contribution in [-0.4, -0.2) is 34.2 Å². The van der Waals surface area contributed by atoms with Crippen molar-refractivity contribution in [2.45, 2.75) is 52.0 Å². The molecule has 140 valence electrons. The number of hydrogen-bond donors (Lipinski definition) is 2. The number of carbonyl (C=O) groups is 1. The summed E-state index contributed by atoms with van der Waals surface area (Å²) in [5, 5.41) is 5.46. The number of carbonyl (C=O) groups excluding carboxylic acids is 1. The van der Waals surface area contributed by atoms with Crippen LogP contribution in [0, 0.1) is 0 Å². The normalized spacial score (nSPS) is 14.2. The van der Waals surface area contributed by atoms with Gasteiger partial charge in [0.1, 0.15) is 5.75 Å². The molecule has 2 aromatic rings. The van der Waals surface area contributed by atoms with Crippen LogP contribution in [0.3, 0.4) is 0 Å². The van der Waals surface area contributed by atoms with Crippen molar-refractivity contribution in [2.24, 2.45) is 0 Å². The first kappa shape index (κ1) is 18.3. The lowest BCUT2D eigenvalue weighted by Crippen LogP contribution is -2.37. The molecule has 26 heavy (non-hydrogen) atoms. The highest BCUT2D eigenvalue weighted by molar-refractivity contribution is 5.76. The topological polar surface area (TPSA) is 78.2 Å². The van der Waals surface area contributed by atoms with Crippen molar-refractivity contribution in [1.29, 1.82) is 0 Å². The molecule has 0 unspecified atom stereocenters. The predicted molar refractivity (Wildman–Crippen MR) is 100 cm³/mol. The molecular formula is C20H27N3O3. The van der Waals surface area contributed by atoms with E-state index in [2.05, 4.69) is 43.1 Å². The van der Waals surface area contributed by atoms with Crippen molar-refractivity contribution in [2.75, 3.05) is 13.2 Å². The second-order valence-electron chi connectivity index (χ2n) is 7.83. The summed E-state index contributed by atoms with van der Waals surface area (Å²) in [6, 6.07) is 8.12. The van der Waals surface area contributed by atoms with Crippen molar-refractivity contribution >= 4 is 5.91 Å². The Kier molecular flexibility index (Phi) is 5.20. The van der Waals surface area contributed by atoms with Crippen LogP contribution in [0.2, 0.25) is 0 Å².